The van der Waals surface area contributed by atoms with Crippen LogP contribution in [0.15, 0.2) is 24.3 Å². The van der Waals surface area contributed by atoms with Crippen molar-refractivity contribution < 1.29 is 14.6 Å². The van der Waals surface area contributed by atoms with E-state index in [9.17, 15) is 9.90 Å². The van der Waals surface area contributed by atoms with Gasteiger partial charge in [0.15, 0.2) is 6.10 Å². The van der Waals surface area contributed by atoms with Crippen LogP contribution in [0.4, 0.5) is 0 Å². The number of benzene rings is 1. The smallest absolute Gasteiger partial charge is 0.263 e. The Bertz CT molecular complexity index is 489. The van der Waals surface area contributed by atoms with E-state index in [4.69, 9.17) is 4.74 Å². The average molecular weight is 291 g/mol. The largest absolute Gasteiger partial charge is 0.481 e. The Morgan fingerprint density at radius 2 is 2.10 bits per heavy atom. The molecule has 21 heavy (non-hydrogen) atoms. The fraction of sp³-hybridized carbons (Fsp3) is 0.588. The Balaban J connectivity index is 1.98. The second-order valence-corrected chi connectivity index (χ2v) is 5.94. The molecule has 1 amide bonds. The van der Waals surface area contributed by atoms with Crippen LogP contribution < -0.4 is 4.74 Å². The molecule has 1 aliphatic rings. The van der Waals surface area contributed by atoms with E-state index >= 15 is 0 Å². The number of carbonyl (C=O) groups is 1. The molecule has 1 aromatic carbocycles. The molecule has 1 aliphatic carbocycles. The molecule has 0 spiro atoms. The van der Waals surface area contributed by atoms with E-state index in [1.54, 1.807) is 18.9 Å². The van der Waals surface area contributed by atoms with Gasteiger partial charge in [-0.3, -0.25) is 4.79 Å². The lowest BCUT2D eigenvalue weighted by molar-refractivity contribution is -0.142. The van der Waals surface area contributed by atoms with Gasteiger partial charge in [0.05, 0.1) is 12.1 Å². The molecule has 3 atom stereocenters. The van der Waals surface area contributed by atoms with Gasteiger partial charge in [-0.2, -0.15) is 0 Å². The molecule has 4 nitrogen and oxygen atoms in total. The predicted molar refractivity (Wildman–Crippen MR) is 82.3 cm³/mol. The SMILES string of the molecule is Cc1cccc(OC(C)C(=O)N(C)C2CCCCC2O)c1. The van der Waals surface area contributed by atoms with Gasteiger partial charge in [0.2, 0.25) is 0 Å². The third-order valence-corrected chi connectivity index (χ3v) is 4.19. The zero-order valence-corrected chi connectivity index (χ0v) is 13.1. The van der Waals surface area contributed by atoms with E-state index in [0.29, 0.717) is 5.75 Å². The summed E-state index contributed by atoms with van der Waals surface area (Å²) >= 11 is 0. The lowest BCUT2D eigenvalue weighted by Gasteiger charge is -2.36. The Morgan fingerprint density at radius 1 is 1.38 bits per heavy atom. The summed E-state index contributed by atoms with van der Waals surface area (Å²) in [6.07, 6.45) is 2.77. The molecule has 0 aromatic heterocycles. The first-order valence-electron chi connectivity index (χ1n) is 7.67. The molecular weight excluding hydrogens is 266 g/mol. The number of ether oxygens (including phenoxy) is 1. The fourth-order valence-corrected chi connectivity index (χ4v) is 2.94. The Morgan fingerprint density at radius 3 is 2.76 bits per heavy atom. The highest BCUT2D eigenvalue weighted by atomic mass is 16.5. The molecule has 0 saturated heterocycles. The van der Waals surface area contributed by atoms with Gasteiger partial charge in [0.1, 0.15) is 5.75 Å². The maximum Gasteiger partial charge on any atom is 0.263 e. The summed E-state index contributed by atoms with van der Waals surface area (Å²) in [6, 6.07) is 7.58. The number of aryl methyl sites for hydroxylation is 1. The zero-order valence-electron chi connectivity index (χ0n) is 13.1. The number of likely N-dealkylation sites (N-methyl/N-ethyl adjacent to an activating group) is 1. The molecule has 1 N–H and O–H groups in total. The van der Waals surface area contributed by atoms with Gasteiger partial charge in [-0.25, -0.2) is 0 Å². The molecule has 0 radical (unpaired) electrons. The van der Waals surface area contributed by atoms with Crippen LogP contribution in [0.5, 0.6) is 5.75 Å². The van der Waals surface area contributed by atoms with Crippen molar-refractivity contribution in [3.8, 4) is 5.75 Å². The highest BCUT2D eigenvalue weighted by molar-refractivity contribution is 5.81. The molecule has 0 bridgehead atoms. The number of rotatable bonds is 4. The quantitative estimate of drug-likeness (QED) is 0.927. The summed E-state index contributed by atoms with van der Waals surface area (Å²) < 4.78 is 5.73. The summed E-state index contributed by atoms with van der Waals surface area (Å²) in [4.78, 5) is 14.1. The van der Waals surface area contributed by atoms with Crippen LogP contribution in [0, 0.1) is 6.92 Å². The summed E-state index contributed by atoms with van der Waals surface area (Å²) in [6.45, 7) is 3.75. The zero-order chi connectivity index (χ0) is 15.4. The number of nitrogens with zero attached hydrogens (tertiary/aromatic N) is 1. The van der Waals surface area contributed by atoms with Crippen LogP contribution in [0.25, 0.3) is 0 Å². The number of carbonyl (C=O) groups excluding carboxylic acids is 1. The van der Waals surface area contributed by atoms with Crippen molar-refractivity contribution in [2.24, 2.45) is 0 Å². The normalized spacial score (nSPS) is 23.4. The average Bonchev–Trinajstić information content (AvgIpc) is 2.46. The van der Waals surface area contributed by atoms with Gasteiger partial charge in [0.25, 0.3) is 5.91 Å². The van der Waals surface area contributed by atoms with Crippen LogP contribution in [0.1, 0.15) is 38.2 Å². The maximum atomic E-state index is 12.5. The highest BCUT2D eigenvalue weighted by Gasteiger charge is 2.31. The fourth-order valence-electron chi connectivity index (χ4n) is 2.94. The van der Waals surface area contributed by atoms with Crippen molar-refractivity contribution in [2.75, 3.05) is 7.05 Å². The molecule has 4 heteroatoms. The van der Waals surface area contributed by atoms with Crippen LogP contribution in [-0.4, -0.2) is 41.2 Å². The number of amides is 1. The predicted octanol–water partition coefficient (Wildman–Crippen LogP) is 2.52. The Hall–Kier alpha value is -1.55. The lowest BCUT2D eigenvalue weighted by atomic mass is 9.91. The number of hydrogen-bond acceptors (Lipinski definition) is 3. The minimum atomic E-state index is -0.550. The van der Waals surface area contributed by atoms with E-state index in [2.05, 4.69) is 0 Å². The van der Waals surface area contributed by atoms with E-state index in [0.717, 1.165) is 31.2 Å². The second kappa shape index (κ2) is 6.94. The van der Waals surface area contributed by atoms with Gasteiger partial charge in [0, 0.05) is 7.05 Å². The molecule has 3 unspecified atom stereocenters. The third kappa shape index (κ3) is 3.97. The minimum Gasteiger partial charge on any atom is -0.481 e. The molecular formula is C17H25NO3. The van der Waals surface area contributed by atoms with Crippen LogP contribution >= 0.6 is 0 Å². The van der Waals surface area contributed by atoms with Crippen molar-refractivity contribution in [1.82, 2.24) is 4.90 Å². The van der Waals surface area contributed by atoms with E-state index in [1.807, 2.05) is 31.2 Å². The topological polar surface area (TPSA) is 49.8 Å². The van der Waals surface area contributed by atoms with Gasteiger partial charge in [-0.05, 0) is 44.4 Å². The van der Waals surface area contributed by atoms with Gasteiger partial charge in [-0.1, -0.05) is 25.0 Å². The third-order valence-electron chi connectivity index (χ3n) is 4.19. The number of aliphatic hydroxyl groups excluding tert-OH is 1. The molecule has 1 saturated carbocycles. The van der Waals surface area contributed by atoms with Gasteiger partial charge < -0.3 is 14.7 Å². The van der Waals surface area contributed by atoms with Crippen molar-refractivity contribution in [2.45, 2.75) is 57.8 Å². The first-order chi connectivity index (χ1) is 9.99. The van der Waals surface area contributed by atoms with Crippen molar-refractivity contribution in [1.29, 1.82) is 0 Å². The second-order valence-electron chi connectivity index (χ2n) is 5.94. The highest BCUT2D eigenvalue weighted by Crippen LogP contribution is 2.23. The Labute approximate surface area is 126 Å². The first kappa shape index (κ1) is 15.8. The van der Waals surface area contributed by atoms with Crippen LogP contribution in [0.2, 0.25) is 0 Å². The summed E-state index contributed by atoms with van der Waals surface area (Å²) in [5, 5.41) is 10.1. The molecule has 0 heterocycles. The summed E-state index contributed by atoms with van der Waals surface area (Å²) in [7, 11) is 1.76. The lowest BCUT2D eigenvalue weighted by Crippen LogP contribution is -2.50. The van der Waals surface area contributed by atoms with Crippen molar-refractivity contribution >= 4 is 5.91 Å². The Kier molecular flexibility index (Phi) is 5.23. The standard InChI is InChI=1S/C17H25NO3/c1-12-7-6-8-14(11-12)21-13(2)17(20)18(3)15-9-4-5-10-16(15)19/h6-8,11,13,15-16,19H,4-5,9-10H2,1-3H3. The minimum absolute atomic E-state index is 0.0811. The van der Waals surface area contributed by atoms with E-state index < -0.39 is 12.2 Å². The van der Waals surface area contributed by atoms with Crippen LogP contribution in [-0.2, 0) is 4.79 Å². The summed E-state index contributed by atoms with van der Waals surface area (Å²) in [5.74, 6) is 0.621. The molecule has 1 fully saturated rings. The van der Waals surface area contributed by atoms with Crippen molar-refractivity contribution in [3.63, 3.8) is 0 Å². The molecule has 1 aromatic rings. The number of hydrogen-bond donors (Lipinski definition) is 1. The van der Waals surface area contributed by atoms with Crippen molar-refractivity contribution in [3.05, 3.63) is 29.8 Å². The summed E-state index contributed by atoms with van der Waals surface area (Å²) in [5.41, 5.74) is 1.10. The molecule has 0 aliphatic heterocycles. The maximum absolute atomic E-state index is 12.5. The first-order valence-corrected chi connectivity index (χ1v) is 7.67. The monoisotopic (exact) mass is 291 g/mol. The van der Waals surface area contributed by atoms with E-state index in [1.165, 1.54) is 0 Å². The van der Waals surface area contributed by atoms with Crippen LogP contribution in [0.3, 0.4) is 0 Å². The van der Waals surface area contributed by atoms with Gasteiger partial charge in [-0.15, -0.1) is 0 Å². The molecule has 2 rings (SSSR count). The van der Waals surface area contributed by atoms with Gasteiger partial charge >= 0.3 is 0 Å². The van der Waals surface area contributed by atoms with E-state index in [-0.39, 0.29) is 11.9 Å². The number of aliphatic hydroxyl groups is 1. The molecule has 116 valence electrons.